The van der Waals surface area contributed by atoms with Crippen LogP contribution in [0.2, 0.25) is 0 Å². The Hall–Kier alpha value is -2.22. The van der Waals surface area contributed by atoms with Crippen LogP contribution in [0.25, 0.3) is 0 Å². The van der Waals surface area contributed by atoms with Crippen LogP contribution in [-0.4, -0.2) is 20.6 Å². The number of amides is 1. The maximum absolute atomic E-state index is 12.2. The highest BCUT2D eigenvalue weighted by Crippen LogP contribution is 2.31. The lowest BCUT2D eigenvalue weighted by molar-refractivity contribution is -0.380. The van der Waals surface area contributed by atoms with Crippen LogP contribution >= 0.6 is 11.3 Å². The first-order chi connectivity index (χ1) is 10.1. The number of hydrogen-bond acceptors (Lipinski definition) is 5. The molecule has 0 saturated heterocycles. The van der Waals surface area contributed by atoms with Crippen molar-refractivity contribution in [2.45, 2.75) is 31.7 Å². The summed E-state index contributed by atoms with van der Waals surface area (Å²) in [6, 6.07) is 4.88. The number of rotatable bonds is 4. The van der Waals surface area contributed by atoms with Gasteiger partial charge in [0, 0.05) is 12.1 Å². The minimum Gasteiger partial charge on any atom is -0.306 e. The molecule has 7 nitrogen and oxygen atoms in total. The van der Waals surface area contributed by atoms with Crippen LogP contribution in [0, 0.1) is 10.1 Å². The summed E-state index contributed by atoms with van der Waals surface area (Å²) >= 11 is 0.868. The van der Waals surface area contributed by atoms with Crippen molar-refractivity contribution < 1.29 is 9.72 Å². The highest BCUT2D eigenvalue weighted by molar-refractivity contribution is 7.17. The fourth-order valence-corrected chi connectivity index (χ4v) is 3.29. The highest BCUT2D eigenvalue weighted by Gasteiger charge is 2.21. The van der Waals surface area contributed by atoms with Crippen LogP contribution in [0.3, 0.4) is 0 Å². The van der Waals surface area contributed by atoms with E-state index in [1.807, 2.05) is 4.68 Å². The van der Waals surface area contributed by atoms with Gasteiger partial charge in [0.1, 0.15) is 5.82 Å². The predicted molar refractivity (Wildman–Crippen MR) is 78.7 cm³/mol. The Bertz CT molecular complexity index is 673. The summed E-state index contributed by atoms with van der Waals surface area (Å²) in [5.41, 5.74) is 0. The van der Waals surface area contributed by atoms with Gasteiger partial charge in [-0.25, -0.2) is 4.68 Å². The Labute approximate surface area is 124 Å². The second-order valence-corrected chi connectivity index (χ2v) is 6.01. The van der Waals surface area contributed by atoms with Crippen LogP contribution in [0.15, 0.2) is 24.4 Å². The minimum absolute atomic E-state index is 0.0375. The molecule has 110 valence electrons. The quantitative estimate of drug-likeness (QED) is 0.693. The zero-order chi connectivity index (χ0) is 14.8. The topological polar surface area (TPSA) is 90.1 Å². The van der Waals surface area contributed by atoms with Gasteiger partial charge in [-0.05, 0) is 18.9 Å². The van der Waals surface area contributed by atoms with Gasteiger partial charge in [0.2, 0.25) is 0 Å². The molecule has 21 heavy (non-hydrogen) atoms. The average molecular weight is 306 g/mol. The molecule has 1 aliphatic carbocycles. The van der Waals surface area contributed by atoms with Gasteiger partial charge < -0.3 is 5.32 Å². The largest absolute Gasteiger partial charge is 0.324 e. The molecule has 1 aliphatic rings. The minimum atomic E-state index is -0.496. The molecule has 0 aliphatic heterocycles. The van der Waals surface area contributed by atoms with Crippen LogP contribution < -0.4 is 5.32 Å². The SMILES string of the molecule is O=C(Nc1ccnn1C1CCCC1)c1ccc([N+](=O)[O-])s1. The predicted octanol–water partition coefficient (Wildman–Crippen LogP) is 3.22. The molecule has 0 aromatic carbocycles. The summed E-state index contributed by atoms with van der Waals surface area (Å²) < 4.78 is 1.84. The number of aromatic nitrogens is 2. The van der Waals surface area contributed by atoms with Crippen LogP contribution in [0.1, 0.15) is 41.4 Å². The molecule has 1 N–H and O–H groups in total. The highest BCUT2D eigenvalue weighted by atomic mass is 32.1. The van der Waals surface area contributed by atoms with Gasteiger partial charge in [0.05, 0.1) is 22.0 Å². The number of nitrogens with one attached hydrogen (secondary N) is 1. The summed E-state index contributed by atoms with van der Waals surface area (Å²) in [6.07, 6.45) is 6.14. The Morgan fingerprint density at radius 3 is 2.81 bits per heavy atom. The smallest absolute Gasteiger partial charge is 0.306 e. The molecule has 8 heteroatoms. The number of nitro groups is 1. The Kier molecular flexibility index (Phi) is 3.70. The van der Waals surface area contributed by atoms with Gasteiger partial charge >= 0.3 is 5.00 Å². The lowest BCUT2D eigenvalue weighted by Gasteiger charge is -2.14. The molecular formula is C13H14N4O3S. The second kappa shape index (κ2) is 5.65. The molecule has 0 spiro atoms. The van der Waals surface area contributed by atoms with Gasteiger partial charge in [0.25, 0.3) is 5.91 Å². The van der Waals surface area contributed by atoms with Gasteiger partial charge in [0.15, 0.2) is 0 Å². The van der Waals surface area contributed by atoms with Crippen molar-refractivity contribution in [1.82, 2.24) is 9.78 Å². The molecule has 1 fully saturated rings. The van der Waals surface area contributed by atoms with E-state index in [0.717, 1.165) is 24.2 Å². The third-order valence-electron chi connectivity index (χ3n) is 3.58. The third-order valence-corrected chi connectivity index (χ3v) is 4.61. The first kappa shape index (κ1) is 13.7. The van der Waals surface area contributed by atoms with E-state index in [9.17, 15) is 14.9 Å². The number of thiophene rings is 1. The molecule has 3 rings (SSSR count). The summed E-state index contributed by atoms with van der Waals surface area (Å²) in [4.78, 5) is 22.6. The number of carbonyl (C=O) groups is 1. The van der Waals surface area contributed by atoms with Crippen LogP contribution in [-0.2, 0) is 0 Å². The standard InChI is InChI=1S/C13H14N4O3S/c18-13(10-5-6-12(21-10)17(19)20)15-11-7-8-14-16(11)9-3-1-2-4-9/h5-9H,1-4H2,(H,15,18). The van der Waals surface area contributed by atoms with Crippen LogP contribution in [0.5, 0.6) is 0 Å². The maximum Gasteiger partial charge on any atom is 0.324 e. The maximum atomic E-state index is 12.2. The summed E-state index contributed by atoms with van der Waals surface area (Å²) in [7, 11) is 0. The number of anilines is 1. The molecule has 2 aromatic heterocycles. The second-order valence-electron chi connectivity index (χ2n) is 4.95. The van der Waals surface area contributed by atoms with E-state index in [-0.39, 0.29) is 10.9 Å². The fraction of sp³-hybridized carbons (Fsp3) is 0.385. The van der Waals surface area contributed by atoms with Gasteiger partial charge in [-0.2, -0.15) is 5.10 Å². The Morgan fingerprint density at radius 2 is 2.14 bits per heavy atom. The first-order valence-electron chi connectivity index (χ1n) is 6.74. The van der Waals surface area contributed by atoms with E-state index in [1.165, 1.54) is 25.0 Å². The fourth-order valence-electron chi connectivity index (χ4n) is 2.58. The van der Waals surface area contributed by atoms with Crippen molar-refractivity contribution >= 4 is 28.1 Å². The normalized spacial score (nSPS) is 15.2. The number of carbonyl (C=O) groups excluding carboxylic acids is 1. The van der Waals surface area contributed by atoms with Crippen molar-refractivity contribution in [1.29, 1.82) is 0 Å². The number of hydrogen-bond donors (Lipinski definition) is 1. The van der Waals surface area contributed by atoms with E-state index in [1.54, 1.807) is 12.3 Å². The molecule has 1 saturated carbocycles. The lowest BCUT2D eigenvalue weighted by atomic mass is 10.2. The summed E-state index contributed by atoms with van der Waals surface area (Å²) in [5.74, 6) is 0.302. The van der Waals surface area contributed by atoms with Gasteiger partial charge in [-0.15, -0.1) is 0 Å². The van der Waals surface area contributed by atoms with E-state index in [4.69, 9.17) is 0 Å². The molecule has 1 amide bonds. The molecular weight excluding hydrogens is 292 g/mol. The van der Waals surface area contributed by atoms with Crippen molar-refractivity contribution in [3.8, 4) is 0 Å². The zero-order valence-corrected chi connectivity index (χ0v) is 12.0. The van der Waals surface area contributed by atoms with Crippen LogP contribution in [0.4, 0.5) is 10.8 Å². The lowest BCUT2D eigenvalue weighted by Crippen LogP contribution is -2.16. The van der Waals surface area contributed by atoms with E-state index in [2.05, 4.69) is 10.4 Å². The van der Waals surface area contributed by atoms with E-state index >= 15 is 0 Å². The Balaban J connectivity index is 1.75. The van der Waals surface area contributed by atoms with E-state index < -0.39 is 4.92 Å². The van der Waals surface area contributed by atoms with E-state index in [0.29, 0.717) is 16.7 Å². The van der Waals surface area contributed by atoms with Crippen molar-refractivity contribution in [2.75, 3.05) is 5.32 Å². The monoisotopic (exact) mass is 306 g/mol. The van der Waals surface area contributed by atoms with Gasteiger partial charge in [-0.3, -0.25) is 14.9 Å². The Morgan fingerprint density at radius 1 is 1.38 bits per heavy atom. The number of nitrogens with zero attached hydrogens (tertiary/aromatic N) is 3. The molecule has 0 radical (unpaired) electrons. The average Bonchev–Trinajstić information content (AvgIpc) is 3.19. The summed E-state index contributed by atoms with van der Waals surface area (Å²) in [6.45, 7) is 0. The van der Waals surface area contributed by atoms with Crippen molar-refractivity contribution in [3.05, 3.63) is 39.4 Å². The van der Waals surface area contributed by atoms with Crippen molar-refractivity contribution in [2.24, 2.45) is 0 Å². The molecule has 2 heterocycles. The van der Waals surface area contributed by atoms with Gasteiger partial charge in [-0.1, -0.05) is 24.2 Å². The van der Waals surface area contributed by atoms with Crippen molar-refractivity contribution in [3.63, 3.8) is 0 Å². The third kappa shape index (κ3) is 2.80. The molecule has 2 aromatic rings. The molecule has 0 bridgehead atoms. The summed E-state index contributed by atoms with van der Waals surface area (Å²) in [5, 5.41) is 17.7. The molecule has 0 atom stereocenters. The molecule has 0 unspecified atom stereocenters. The first-order valence-corrected chi connectivity index (χ1v) is 7.56. The zero-order valence-electron chi connectivity index (χ0n) is 11.2.